The van der Waals surface area contributed by atoms with Crippen molar-refractivity contribution in [3.05, 3.63) is 28.4 Å². The van der Waals surface area contributed by atoms with Crippen LogP contribution < -0.4 is 5.32 Å². The second kappa shape index (κ2) is 10.1. The van der Waals surface area contributed by atoms with E-state index in [2.05, 4.69) is 77.8 Å². The van der Waals surface area contributed by atoms with Crippen molar-refractivity contribution in [1.82, 2.24) is 5.32 Å². The summed E-state index contributed by atoms with van der Waals surface area (Å²) in [7, 11) is -6.52. The van der Waals surface area contributed by atoms with E-state index in [1.54, 1.807) is 6.07 Å². The van der Waals surface area contributed by atoms with Gasteiger partial charge in [0.2, 0.25) is 0 Å². The second-order valence-corrected chi connectivity index (χ2v) is 14.9. The predicted octanol–water partition coefficient (Wildman–Crippen LogP) is 5.38. The van der Waals surface area contributed by atoms with Crippen LogP contribution in [0, 0.1) is 34.4 Å². The van der Waals surface area contributed by atoms with Gasteiger partial charge in [-0.25, -0.2) is 0 Å². The van der Waals surface area contributed by atoms with Crippen LogP contribution in [0.15, 0.2) is 12.1 Å². The van der Waals surface area contributed by atoms with Crippen molar-refractivity contribution in [2.45, 2.75) is 55.2 Å². The topological polar surface area (TPSA) is 110 Å². The Morgan fingerprint density at radius 3 is 2.14 bits per heavy atom. The number of ether oxygens (including phenoxy) is 1. The molecule has 2 N–H and O–H groups in total. The van der Waals surface area contributed by atoms with E-state index in [1.165, 1.54) is 0 Å². The SMILES string of the molecule is O=C(NC12CC3CC(C1)C(C(=O)OC(C(F)(F)F)C(F)(F)S(=O)(=O)O)C(C3)C2)c1cc(I)cc(I)c1I. The number of rotatable bonds is 6. The van der Waals surface area contributed by atoms with Gasteiger partial charge in [-0.3, -0.25) is 14.1 Å². The molecule has 0 heterocycles. The Bertz CT molecular complexity index is 1230. The molecule has 3 unspecified atom stereocenters. The summed E-state index contributed by atoms with van der Waals surface area (Å²) in [6.45, 7) is 0. The Morgan fingerprint density at radius 2 is 1.62 bits per heavy atom. The largest absolute Gasteiger partial charge is 0.444 e. The minimum Gasteiger partial charge on any atom is -0.444 e. The Balaban J connectivity index is 1.55. The first-order chi connectivity index (χ1) is 16.8. The number of esters is 1. The molecule has 4 bridgehead atoms. The molecule has 16 heteroatoms. The summed E-state index contributed by atoms with van der Waals surface area (Å²) < 4.78 is 105. The third-order valence-corrected chi connectivity index (χ3v) is 11.9. The van der Waals surface area contributed by atoms with Crippen molar-refractivity contribution < 1.29 is 49.2 Å². The number of carbonyl (C=O) groups is 2. The average molecular weight is 889 g/mol. The maximum absolute atomic E-state index is 13.9. The summed E-state index contributed by atoms with van der Waals surface area (Å²) in [5.41, 5.74) is -0.230. The molecule has 4 fully saturated rings. The Hall–Kier alpha value is -0.0900. The van der Waals surface area contributed by atoms with E-state index in [4.69, 9.17) is 4.55 Å². The second-order valence-electron chi connectivity index (χ2n) is 9.87. The first kappa shape index (κ1) is 29.9. The van der Waals surface area contributed by atoms with Crippen LogP contribution in [0.4, 0.5) is 22.0 Å². The van der Waals surface area contributed by atoms with Gasteiger partial charge in [0, 0.05) is 16.2 Å². The van der Waals surface area contributed by atoms with Crippen molar-refractivity contribution in [3.63, 3.8) is 0 Å². The number of hydrogen-bond donors (Lipinski definition) is 2. The van der Waals surface area contributed by atoms with Crippen LogP contribution in [0.2, 0.25) is 0 Å². The molecule has 0 radical (unpaired) electrons. The molecule has 37 heavy (non-hydrogen) atoms. The van der Waals surface area contributed by atoms with E-state index in [-0.39, 0.29) is 24.7 Å². The van der Waals surface area contributed by atoms with Crippen molar-refractivity contribution in [2.24, 2.45) is 23.7 Å². The number of hydrogen-bond acceptors (Lipinski definition) is 5. The van der Waals surface area contributed by atoms with Gasteiger partial charge in [0.15, 0.2) is 0 Å². The molecule has 5 rings (SSSR count). The minimum absolute atomic E-state index is 0.0784. The van der Waals surface area contributed by atoms with Crippen LogP contribution in [-0.2, 0) is 19.6 Å². The summed E-state index contributed by atoms with van der Waals surface area (Å²) in [4.78, 5) is 26.0. The number of halogens is 8. The lowest BCUT2D eigenvalue weighted by Crippen LogP contribution is -2.64. The molecule has 0 aromatic heterocycles. The Morgan fingerprint density at radius 1 is 1.05 bits per heavy atom. The standard InChI is InChI=1S/C21H19F5I3NO6S/c22-20(23,24)18(21(25,26)37(33,34)35)36-17(32)14-9-1-8-2-10(14)7-19(5-8,6-9)30-16(31)12-3-11(27)4-13(28)15(12)29/h3-4,8-10,14,18H,1-2,5-7H2,(H,30,31)(H,33,34,35). The number of alkyl halides is 5. The van der Waals surface area contributed by atoms with Crippen molar-refractivity contribution in [3.8, 4) is 0 Å². The summed E-state index contributed by atoms with van der Waals surface area (Å²) in [6, 6.07) is 3.66. The first-order valence-electron chi connectivity index (χ1n) is 10.9. The monoisotopic (exact) mass is 889 g/mol. The van der Waals surface area contributed by atoms with Gasteiger partial charge in [-0.15, -0.1) is 0 Å². The Kier molecular flexibility index (Phi) is 8.14. The molecular formula is C21H19F5I3NO6S. The molecule has 0 saturated heterocycles. The minimum atomic E-state index is -6.52. The maximum Gasteiger partial charge on any atom is 0.432 e. The lowest BCUT2D eigenvalue weighted by molar-refractivity contribution is -0.263. The highest BCUT2D eigenvalue weighted by Gasteiger charge is 2.67. The van der Waals surface area contributed by atoms with Gasteiger partial charge >= 0.3 is 27.5 Å². The lowest BCUT2D eigenvalue weighted by Gasteiger charge is -2.59. The molecule has 4 aliphatic carbocycles. The van der Waals surface area contributed by atoms with E-state index in [0.717, 1.165) is 10.7 Å². The van der Waals surface area contributed by atoms with E-state index >= 15 is 0 Å². The van der Waals surface area contributed by atoms with Gasteiger partial charge in [0.25, 0.3) is 12.0 Å². The molecule has 7 nitrogen and oxygen atoms in total. The smallest absolute Gasteiger partial charge is 0.432 e. The van der Waals surface area contributed by atoms with Gasteiger partial charge in [0.05, 0.1) is 11.5 Å². The zero-order chi connectivity index (χ0) is 27.7. The molecule has 1 aromatic carbocycles. The molecular weight excluding hydrogens is 870 g/mol. The van der Waals surface area contributed by atoms with Gasteiger partial charge in [0.1, 0.15) is 0 Å². The zero-order valence-electron chi connectivity index (χ0n) is 18.5. The molecule has 1 aromatic rings. The van der Waals surface area contributed by atoms with E-state index in [1.807, 2.05) is 6.07 Å². The molecule has 3 atom stereocenters. The van der Waals surface area contributed by atoms with Crippen molar-refractivity contribution >= 4 is 89.8 Å². The highest BCUT2D eigenvalue weighted by atomic mass is 127. The first-order valence-corrected chi connectivity index (χ1v) is 15.6. The van der Waals surface area contributed by atoms with E-state index in [9.17, 15) is 40.0 Å². The van der Waals surface area contributed by atoms with Gasteiger partial charge < -0.3 is 10.1 Å². The van der Waals surface area contributed by atoms with Gasteiger partial charge in [-0.05, 0) is 130 Å². The van der Waals surface area contributed by atoms with Crippen molar-refractivity contribution in [1.29, 1.82) is 0 Å². The van der Waals surface area contributed by atoms with Crippen LogP contribution in [0.25, 0.3) is 0 Å². The lowest BCUT2D eigenvalue weighted by atomic mass is 9.49. The van der Waals surface area contributed by atoms with E-state index in [0.29, 0.717) is 24.8 Å². The number of amides is 1. The summed E-state index contributed by atoms with van der Waals surface area (Å²) in [5, 5.41) is -2.68. The highest BCUT2D eigenvalue weighted by molar-refractivity contribution is 14.1. The fraction of sp³-hybridized carbons (Fsp3) is 0.619. The molecule has 1 amide bonds. The molecule has 206 valence electrons. The third kappa shape index (κ3) is 5.73. The number of carbonyl (C=O) groups excluding carboxylic acids is 2. The van der Waals surface area contributed by atoms with Crippen LogP contribution in [0.5, 0.6) is 0 Å². The fourth-order valence-corrected chi connectivity index (χ4v) is 9.10. The zero-order valence-corrected chi connectivity index (χ0v) is 25.8. The maximum atomic E-state index is 13.9. The Labute approximate surface area is 249 Å². The van der Waals surface area contributed by atoms with Gasteiger partial charge in [-0.1, -0.05) is 0 Å². The summed E-state index contributed by atoms with van der Waals surface area (Å²) in [6.07, 6.45) is -8.30. The fourth-order valence-electron chi connectivity index (χ4n) is 6.25. The van der Waals surface area contributed by atoms with E-state index < -0.39 is 56.9 Å². The molecule has 0 spiro atoms. The summed E-state index contributed by atoms with van der Waals surface area (Å²) in [5.74, 6) is -4.06. The van der Waals surface area contributed by atoms with Crippen molar-refractivity contribution in [2.75, 3.05) is 0 Å². The van der Waals surface area contributed by atoms with Gasteiger partial charge in [-0.2, -0.15) is 30.4 Å². The van der Waals surface area contributed by atoms with Crippen LogP contribution in [-0.4, -0.2) is 47.9 Å². The molecule has 4 saturated carbocycles. The molecule has 0 aliphatic heterocycles. The number of nitrogens with one attached hydrogen (secondary N) is 1. The van der Waals surface area contributed by atoms with Crippen LogP contribution >= 0.6 is 67.8 Å². The third-order valence-electron chi connectivity index (χ3n) is 7.34. The predicted molar refractivity (Wildman–Crippen MR) is 144 cm³/mol. The highest BCUT2D eigenvalue weighted by Crippen LogP contribution is 2.59. The number of benzene rings is 1. The average Bonchev–Trinajstić information content (AvgIpc) is 2.71. The van der Waals surface area contributed by atoms with Crippen LogP contribution in [0.1, 0.15) is 42.5 Å². The quantitative estimate of drug-likeness (QED) is 0.131. The molecule has 4 aliphatic rings. The van der Waals surface area contributed by atoms with Crippen LogP contribution in [0.3, 0.4) is 0 Å². The normalized spacial score (nSPS) is 30.2. The summed E-state index contributed by atoms with van der Waals surface area (Å²) >= 11 is 6.29.